The van der Waals surface area contributed by atoms with Crippen molar-refractivity contribution < 1.29 is 31.1 Å². The quantitative estimate of drug-likeness (QED) is 0.415. The van der Waals surface area contributed by atoms with E-state index in [1.165, 1.54) is 22.6 Å². The standard InChI is InChI=1S/C8H3ClF6INO/c9-1-3-4(16)2-17-6(7(10,11)12)5(3)18-8(13,14)15/h2H,1H2. The Morgan fingerprint density at radius 3 is 2.17 bits per heavy atom. The summed E-state index contributed by atoms with van der Waals surface area (Å²) in [7, 11) is 0. The Hall–Kier alpha value is -0.450. The number of pyridine rings is 1. The smallest absolute Gasteiger partial charge is 0.403 e. The minimum absolute atomic E-state index is 0.0508. The molecular formula is C8H3ClF6INO. The third-order valence-electron chi connectivity index (χ3n) is 1.70. The van der Waals surface area contributed by atoms with Crippen molar-refractivity contribution in [3.05, 3.63) is 21.0 Å². The minimum atomic E-state index is -5.26. The fourth-order valence-electron chi connectivity index (χ4n) is 1.06. The van der Waals surface area contributed by atoms with Crippen molar-refractivity contribution in [2.45, 2.75) is 18.4 Å². The van der Waals surface area contributed by atoms with Crippen LogP contribution in [0.15, 0.2) is 6.20 Å². The fourth-order valence-corrected chi connectivity index (χ4v) is 2.13. The van der Waals surface area contributed by atoms with Gasteiger partial charge in [-0.25, -0.2) is 4.98 Å². The highest BCUT2D eigenvalue weighted by Crippen LogP contribution is 2.40. The van der Waals surface area contributed by atoms with Gasteiger partial charge < -0.3 is 4.74 Å². The van der Waals surface area contributed by atoms with Crippen molar-refractivity contribution in [2.24, 2.45) is 0 Å². The zero-order valence-electron chi connectivity index (χ0n) is 8.16. The van der Waals surface area contributed by atoms with Crippen LogP contribution in [-0.4, -0.2) is 11.3 Å². The number of rotatable bonds is 2. The summed E-state index contributed by atoms with van der Waals surface area (Å²) in [6.07, 6.45) is -9.54. The summed E-state index contributed by atoms with van der Waals surface area (Å²) in [6.45, 7) is 0. The molecule has 0 spiro atoms. The average Bonchev–Trinajstić information content (AvgIpc) is 2.13. The van der Waals surface area contributed by atoms with Crippen LogP contribution in [0, 0.1) is 3.57 Å². The highest BCUT2D eigenvalue weighted by molar-refractivity contribution is 14.1. The fraction of sp³-hybridized carbons (Fsp3) is 0.375. The summed E-state index contributed by atoms with van der Waals surface area (Å²) < 4.78 is 77.3. The first-order chi connectivity index (χ1) is 8.06. The Balaban J connectivity index is 3.45. The molecule has 18 heavy (non-hydrogen) atoms. The van der Waals surface area contributed by atoms with Gasteiger partial charge in [0.15, 0.2) is 11.4 Å². The molecule has 0 radical (unpaired) electrons. The zero-order chi connectivity index (χ0) is 14.1. The zero-order valence-corrected chi connectivity index (χ0v) is 11.1. The second kappa shape index (κ2) is 5.27. The molecule has 0 aliphatic rings. The average molecular weight is 405 g/mol. The second-order valence-electron chi connectivity index (χ2n) is 2.94. The molecule has 0 N–H and O–H groups in total. The van der Waals surface area contributed by atoms with Gasteiger partial charge in [0.1, 0.15) is 0 Å². The monoisotopic (exact) mass is 405 g/mol. The van der Waals surface area contributed by atoms with Crippen molar-refractivity contribution in [1.82, 2.24) is 4.98 Å². The van der Waals surface area contributed by atoms with E-state index in [1.807, 2.05) is 0 Å². The van der Waals surface area contributed by atoms with Gasteiger partial charge in [-0.15, -0.1) is 24.8 Å². The van der Waals surface area contributed by atoms with Crippen LogP contribution in [0.5, 0.6) is 5.75 Å². The molecule has 10 heteroatoms. The molecule has 0 saturated carbocycles. The number of nitrogens with zero attached hydrogens (tertiary/aromatic N) is 1. The Kier molecular flexibility index (Phi) is 4.57. The molecule has 0 aliphatic carbocycles. The van der Waals surface area contributed by atoms with Crippen molar-refractivity contribution >= 4 is 34.2 Å². The third-order valence-corrected chi connectivity index (χ3v) is 2.90. The third kappa shape index (κ3) is 3.77. The van der Waals surface area contributed by atoms with Crippen LogP contribution in [0.1, 0.15) is 11.3 Å². The van der Waals surface area contributed by atoms with E-state index >= 15 is 0 Å². The Labute approximate surface area is 115 Å². The van der Waals surface area contributed by atoms with Gasteiger partial charge in [0.05, 0.1) is 5.88 Å². The first-order valence-electron chi connectivity index (χ1n) is 4.12. The van der Waals surface area contributed by atoms with Gasteiger partial charge in [-0.2, -0.15) is 13.2 Å². The van der Waals surface area contributed by atoms with Gasteiger partial charge in [-0.1, -0.05) is 0 Å². The topological polar surface area (TPSA) is 22.1 Å². The second-order valence-corrected chi connectivity index (χ2v) is 4.37. The Morgan fingerprint density at radius 2 is 1.78 bits per heavy atom. The summed E-state index contributed by atoms with van der Waals surface area (Å²) >= 11 is 6.86. The van der Waals surface area contributed by atoms with E-state index < -0.39 is 35.4 Å². The van der Waals surface area contributed by atoms with E-state index in [1.54, 1.807) is 0 Å². The highest BCUT2D eigenvalue weighted by atomic mass is 127. The van der Waals surface area contributed by atoms with Gasteiger partial charge >= 0.3 is 12.5 Å². The van der Waals surface area contributed by atoms with Crippen LogP contribution < -0.4 is 4.74 Å². The largest absolute Gasteiger partial charge is 0.573 e. The summed E-state index contributed by atoms with van der Waals surface area (Å²) in [5.41, 5.74) is -2.16. The molecule has 1 heterocycles. The SMILES string of the molecule is FC(F)(F)Oc1c(C(F)(F)F)ncc(I)c1CCl. The molecule has 0 unspecified atom stereocenters. The lowest BCUT2D eigenvalue weighted by atomic mass is 10.2. The van der Waals surface area contributed by atoms with E-state index in [-0.39, 0.29) is 3.57 Å². The van der Waals surface area contributed by atoms with Crippen LogP contribution in [0.2, 0.25) is 0 Å². The number of ether oxygens (including phenoxy) is 1. The molecular weight excluding hydrogens is 402 g/mol. The van der Waals surface area contributed by atoms with E-state index in [2.05, 4.69) is 9.72 Å². The minimum Gasteiger partial charge on any atom is -0.403 e. The van der Waals surface area contributed by atoms with Crippen LogP contribution in [0.4, 0.5) is 26.3 Å². The molecule has 0 aromatic carbocycles. The molecule has 1 aromatic heterocycles. The van der Waals surface area contributed by atoms with Gasteiger partial charge in [0, 0.05) is 15.3 Å². The summed E-state index contributed by atoms with van der Waals surface area (Å²) in [5, 5.41) is 0. The van der Waals surface area contributed by atoms with Gasteiger partial charge in [0.2, 0.25) is 0 Å². The molecule has 0 aliphatic heterocycles. The van der Waals surface area contributed by atoms with E-state index in [0.29, 0.717) is 0 Å². The molecule has 1 aromatic rings. The molecule has 0 atom stereocenters. The number of aromatic nitrogens is 1. The van der Waals surface area contributed by atoms with Crippen LogP contribution in [-0.2, 0) is 12.1 Å². The van der Waals surface area contributed by atoms with Crippen molar-refractivity contribution in [3.8, 4) is 5.75 Å². The number of halogens is 8. The lowest BCUT2D eigenvalue weighted by Crippen LogP contribution is -2.22. The maximum absolute atomic E-state index is 12.5. The Bertz CT molecular complexity index is 446. The molecule has 0 fully saturated rings. The van der Waals surface area contributed by atoms with Gasteiger partial charge in [-0.3, -0.25) is 0 Å². The predicted octanol–water partition coefficient (Wildman–Crippen LogP) is 4.34. The Morgan fingerprint density at radius 1 is 1.22 bits per heavy atom. The van der Waals surface area contributed by atoms with Crippen LogP contribution in [0.25, 0.3) is 0 Å². The molecule has 0 amide bonds. The molecule has 0 saturated heterocycles. The first-order valence-corrected chi connectivity index (χ1v) is 5.74. The molecule has 0 bridgehead atoms. The van der Waals surface area contributed by atoms with Gasteiger partial charge in [-0.05, 0) is 22.6 Å². The summed E-state index contributed by atoms with van der Waals surface area (Å²) in [4.78, 5) is 2.93. The van der Waals surface area contributed by atoms with Gasteiger partial charge in [0.25, 0.3) is 0 Å². The normalized spacial score (nSPS) is 12.7. The molecule has 2 nitrogen and oxygen atoms in total. The van der Waals surface area contributed by atoms with Crippen LogP contribution in [0.3, 0.4) is 0 Å². The lowest BCUT2D eigenvalue weighted by molar-refractivity contribution is -0.276. The first kappa shape index (κ1) is 15.6. The number of hydrogen-bond donors (Lipinski definition) is 0. The molecule has 102 valence electrons. The molecule has 1 rings (SSSR count). The maximum Gasteiger partial charge on any atom is 0.573 e. The van der Waals surface area contributed by atoms with E-state index in [9.17, 15) is 26.3 Å². The summed E-state index contributed by atoms with van der Waals surface area (Å²) in [5.74, 6) is -1.97. The van der Waals surface area contributed by atoms with Crippen molar-refractivity contribution in [1.29, 1.82) is 0 Å². The maximum atomic E-state index is 12.5. The number of hydrogen-bond acceptors (Lipinski definition) is 2. The highest BCUT2D eigenvalue weighted by Gasteiger charge is 2.42. The van der Waals surface area contributed by atoms with E-state index in [4.69, 9.17) is 11.6 Å². The summed E-state index contributed by atoms with van der Waals surface area (Å²) in [6, 6.07) is 0. The predicted molar refractivity (Wildman–Crippen MR) is 58.2 cm³/mol. The number of alkyl halides is 7. The lowest BCUT2D eigenvalue weighted by Gasteiger charge is -2.17. The van der Waals surface area contributed by atoms with Crippen molar-refractivity contribution in [2.75, 3.05) is 0 Å². The van der Waals surface area contributed by atoms with E-state index in [0.717, 1.165) is 6.20 Å². The van der Waals surface area contributed by atoms with Crippen molar-refractivity contribution in [3.63, 3.8) is 0 Å². The van der Waals surface area contributed by atoms with Crippen LogP contribution >= 0.6 is 34.2 Å².